The molecule has 3 N–H and O–H groups in total. The summed E-state index contributed by atoms with van der Waals surface area (Å²) in [5.41, 5.74) is 6.13. The van der Waals surface area contributed by atoms with Crippen molar-refractivity contribution in [3.8, 4) is 11.8 Å². The molecule has 0 saturated heterocycles. The highest BCUT2D eigenvalue weighted by atomic mass is 19.1. The van der Waals surface area contributed by atoms with Crippen LogP contribution in [0, 0.1) is 17.1 Å². The van der Waals surface area contributed by atoms with E-state index in [1.807, 2.05) is 0 Å². The first-order valence-electron chi connectivity index (χ1n) is 5.42. The second-order valence-electron chi connectivity index (χ2n) is 3.53. The number of amides is 1. The lowest BCUT2D eigenvalue weighted by molar-refractivity contribution is -0.122. The fraction of sp³-hybridized carbons (Fsp3) is 0.333. The minimum atomic E-state index is -0.533. The Balaban J connectivity index is 2.52. The molecule has 1 rings (SSSR count). The van der Waals surface area contributed by atoms with Crippen LogP contribution in [0.15, 0.2) is 18.2 Å². The van der Waals surface area contributed by atoms with Gasteiger partial charge in [0.1, 0.15) is 6.54 Å². The molecule has 0 heterocycles. The number of benzene rings is 1. The molecule has 0 fully saturated rings. The van der Waals surface area contributed by atoms with Crippen LogP contribution in [0.3, 0.4) is 0 Å². The first-order valence-corrected chi connectivity index (χ1v) is 5.42. The molecule has 5 nitrogen and oxygen atoms in total. The van der Waals surface area contributed by atoms with Gasteiger partial charge in [0.05, 0.1) is 6.07 Å². The third-order valence-corrected chi connectivity index (χ3v) is 2.15. The van der Waals surface area contributed by atoms with Gasteiger partial charge < -0.3 is 15.8 Å². The Morgan fingerprint density at radius 1 is 1.56 bits per heavy atom. The first kappa shape index (κ1) is 13.9. The minimum absolute atomic E-state index is 0.00267. The number of rotatable bonds is 6. The monoisotopic (exact) mass is 251 g/mol. The maximum absolute atomic E-state index is 13.5. The van der Waals surface area contributed by atoms with E-state index in [0.29, 0.717) is 13.0 Å². The van der Waals surface area contributed by atoms with Crippen molar-refractivity contribution in [1.29, 1.82) is 5.26 Å². The smallest absolute Gasteiger partial charge is 0.258 e. The molecule has 0 bridgehead atoms. The van der Waals surface area contributed by atoms with E-state index < -0.39 is 11.7 Å². The van der Waals surface area contributed by atoms with E-state index in [9.17, 15) is 9.18 Å². The van der Waals surface area contributed by atoms with Gasteiger partial charge in [0.15, 0.2) is 18.2 Å². The number of nitriles is 1. The van der Waals surface area contributed by atoms with Crippen molar-refractivity contribution in [2.24, 2.45) is 5.73 Å². The third kappa shape index (κ3) is 4.39. The molecule has 6 heteroatoms. The quantitative estimate of drug-likeness (QED) is 0.714. The lowest BCUT2D eigenvalue weighted by Gasteiger charge is -2.08. The van der Waals surface area contributed by atoms with Gasteiger partial charge in [-0.05, 0) is 30.7 Å². The normalized spacial score (nSPS) is 9.61. The average molecular weight is 251 g/mol. The summed E-state index contributed by atoms with van der Waals surface area (Å²) in [6, 6.07) is 6.23. The van der Waals surface area contributed by atoms with Crippen LogP contribution in [0.4, 0.5) is 4.39 Å². The number of ether oxygens (including phenoxy) is 1. The van der Waals surface area contributed by atoms with Crippen LogP contribution in [-0.2, 0) is 11.2 Å². The van der Waals surface area contributed by atoms with E-state index in [-0.39, 0.29) is 18.9 Å². The first-order chi connectivity index (χ1) is 8.67. The largest absolute Gasteiger partial charge is 0.481 e. The number of nitrogens with one attached hydrogen (secondary N) is 1. The van der Waals surface area contributed by atoms with Crippen LogP contribution in [0.2, 0.25) is 0 Å². The van der Waals surface area contributed by atoms with Crippen LogP contribution >= 0.6 is 0 Å². The van der Waals surface area contributed by atoms with Crippen molar-refractivity contribution in [3.63, 3.8) is 0 Å². The number of hydrogen-bond donors (Lipinski definition) is 2. The van der Waals surface area contributed by atoms with Gasteiger partial charge in [-0.2, -0.15) is 5.26 Å². The molecule has 0 aliphatic carbocycles. The van der Waals surface area contributed by atoms with E-state index in [1.54, 1.807) is 12.1 Å². The van der Waals surface area contributed by atoms with Crippen molar-refractivity contribution in [2.75, 3.05) is 19.7 Å². The molecular formula is C12H14FN3O2. The second-order valence-corrected chi connectivity index (χ2v) is 3.53. The summed E-state index contributed by atoms with van der Waals surface area (Å²) in [7, 11) is 0. The summed E-state index contributed by atoms with van der Waals surface area (Å²) in [4.78, 5) is 11.1. The van der Waals surface area contributed by atoms with E-state index in [0.717, 1.165) is 5.56 Å². The standard InChI is InChI=1S/C12H14FN3O2/c13-10-7-9(3-4-14)1-2-11(10)18-8-12(17)16-6-5-15/h1-2,7H,3-4,6,8,14H2,(H,16,17). The minimum Gasteiger partial charge on any atom is -0.481 e. The summed E-state index contributed by atoms with van der Waals surface area (Å²) in [6.07, 6.45) is 0.583. The summed E-state index contributed by atoms with van der Waals surface area (Å²) in [6.45, 7) is 0.0190. The summed E-state index contributed by atoms with van der Waals surface area (Å²) in [5, 5.41) is 10.5. The Morgan fingerprint density at radius 2 is 2.33 bits per heavy atom. The molecule has 0 saturated carbocycles. The zero-order valence-corrected chi connectivity index (χ0v) is 9.78. The maximum atomic E-state index is 13.5. The number of nitrogens with zero attached hydrogens (tertiary/aromatic N) is 1. The van der Waals surface area contributed by atoms with E-state index >= 15 is 0 Å². The van der Waals surface area contributed by atoms with Gasteiger partial charge in [-0.1, -0.05) is 6.07 Å². The lowest BCUT2D eigenvalue weighted by Crippen LogP contribution is -2.29. The highest BCUT2D eigenvalue weighted by molar-refractivity contribution is 5.77. The molecule has 0 aromatic heterocycles. The lowest BCUT2D eigenvalue weighted by atomic mass is 10.1. The molecular weight excluding hydrogens is 237 g/mol. The van der Waals surface area contributed by atoms with Crippen molar-refractivity contribution in [1.82, 2.24) is 5.32 Å². The fourth-order valence-corrected chi connectivity index (χ4v) is 1.32. The molecule has 96 valence electrons. The topological polar surface area (TPSA) is 88.1 Å². The van der Waals surface area contributed by atoms with Gasteiger partial charge in [0.2, 0.25) is 0 Å². The molecule has 0 unspecified atom stereocenters. The predicted molar refractivity (Wildman–Crippen MR) is 63.3 cm³/mol. The van der Waals surface area contributed by atoms with Crippen molar-refractivity contribution < 1.29 is 13.9 Å². The van der Waals surface area contributed by atoms with Crippen molar-refractivity contribution >= 4 is 5.91 Å². The molecule has 0 aliphatic heterocycles. The van der Waals surface area contributed by atoms with Crippen LogP contribution < -0.4 is 15.8 Å². The molecule has 0 aliphatic rings. The van der Waals surface area contributed by atoms with Gasteiger partial charge in [-0.3, -0.25) is 4.79 Å². The Bertz CT molecular complexity index is 457. The summed E-state index contributed by atoms with van der Waals surface area (Å²) in [5.74, 6) is -1.00. The van der Waals surface area contributed by atoms with Gasteiger partial charge in [0, 0.05) is 0 Å². The van der Waals surface area contributed by atoms with E-state index in [4.69, 9.17) is 15.7 Å². The maximum Gasteiger partial charge on any atom is 0.258 e. The third-order valence-electron chi connectivity index (χ3n) is 2.15. The molecule has 0 atom stereocenters. The van der Waals surface area contributed by atoms with Crippen molar-refractivity contribution in [3.05, 3.63) is 29.6 Å². The Labute approximate surface area is 104 Å². The van der Waals surface area contributed by atoms with E-state index in [1.165, 1.54) is 12.1 Å². The highest BCUT2D eigenvalue weighted by Gasteiger charge is 2.07. The Kier molecular flexibility index (Phi) is 5.61. The van der Waals surface area contributed by atoms with Crippen LogP contribution in [0.5, 0.6) is 5.75 Å². The fourth-order valence-electron chi connectivity index (χ4n) is 1.32. The van der Waals surface area contributed by atoms with Crippen molar-refractivity contribution in [2.45, 2.75) is 6.42 Å². The molecule has 1 aromatic rings. The Morgan fingerprint density at radius 3 is 2.94 bits per heavy atom. The average Bonchev–Trinajstić information content (AvgIpc) is 2.35. The molecule has 0 spiro atoms. The molecule has 1 amide bonds. The zero-order chi connectivity index (χ0) is 13.4. The highest BCUT2D eigenvalue weighted by Crippen LogP contribution is 2.18. The number of hydrogen-bond acceptors (Lipinski definition) is 4. The Hall–Kier alpha value is -2.13. The molecule has 0 radical (unpaired) electrons. The zero-order valence-electron chi connectivity index (χ0n) is 9.78. The van der Waals surface area contributed by atoms with Crippen LogP contribution in [-0.4, -0.2) is 25.6 Å². The number of carbonyl (C=O) groups excluding carboxylic acids is 1. The predicted octanol–water partition coefficient (Wildman–Crippen LogP) is 0.345. The summed E-state index contributed by atoms with van der Waals surface area (Å²) >= 11 is 0. The van der Waals surface area contributed by atoms with E-state index in [2.05, 4.69) is 5.32 Å². The molecule has 18 heavy (non-hydrogen) atoms. The number of halogens is 1. The number of nitrogens with two attached hydrogens (primary N) is 1. The van der Waals surface area contributed by atoms with Gasteiger partial charge in [-0.15, -0.1) is 0 Å². The van der Waals surface area contributed by atoms with Crippen LogP contribution in [0.25, 0.3) is 0 Å². The van der Waals surface area contributed by atoms with Crippen LogP contribution in [0.1, 0.15) is 5.56 Å². The second kappa shape index (κ2) is 7.25. The van der Waals surface area contributed by atoms with Gasteiger partial charge >= 0.3 is 0 Å². The van der Waals surface area contributed by atoms with Gasteiger partial charge in [-0.25, -0.2) is 4.39 Å². The SMILES string of the molecule is N#CCNC(=O)COc1ccc(CCN)cc1F. The van der Waals surface area contributed by atoms with Gasteiger partial charge in [0.25, 0.3) is 5.91 Å². The summed E-state index contributed by atoms with van der Waals surface area (Å²) < 4.78 is 18.5. The number of carbonyl (C=O) groups is 1. The molecule has 1 aromatic carbocycles.